The fourth-order valence-corrected chi connectivity index (χ4v) is 6.34. The van der Waals surface area contributed by atoms with E-state index in [1.807, 2.05) is 0 Å². The standard InChI is InChI=1S/C20H18Cl2N2O4S/c1-20(2)12-5-3-9-23-16(12)18(26)19(29(20,27)28)11-7-8-13(21)17(15(11)22)24-10-4-6-14(24)25/h3,5,7-9,26H,4,6,10H2,1-2H3. The molecular formula is C20H18Cl2N2O4S. The first-order valence-electron chi connectivity index (χ1n) is 9.01. The van der Waals surface area contributed by atoms with E-state index in [9.17, 15) is 18.3 Å². The second-order valence-corrected chi connectivity index (χ2v) is 10.7. The molecule has 0 saturated carbocycles. The summed E-state index contributed by atoms with van der Waals surface area (Å²) in [5, 5.41) is 11.2. The zero-order valence-corrected chi connectivity index (χ0v) is 18.1. The van der Waals surface area contributed by atoms with E-state index < -0.39 is 20.3 Å². The van der Waals surface area contributed by atoms with Crippen molar-refractivity contribution in [1.29, 1.82) is 0 Å². The molecule has 9 heteroatoms. The van der Waals surface area contributed by atoms with Crippen LogP contribution in [0.25, 0.3) is 10.7 Å². The van der Waals surface area contributed by atoms with Gasteiger partial charge in [0.25, 0.3) is 0 Å². The van der Waals surface area contributed by atoms with Crippen LogP contribution in [-0.2, 0) is 19.4 Å². The summed E-state index contributed by atoms with van der Waals surface area (Å²) in [5.41, 5.74) is 0.939. The van der Waals surface area contributed by atoms with Crippen LogP contribution in [0, 0.1) is 0 Å². The topological polar surface area (TPSA) is 87.6 Å². The van der Waals surface area contributed by atoms with Crippen LogP contribution in [0.4, 0.5) is 5.69 Å². The molecule has 29 heavy (non-hydrogen) atoms. The highest BCUT2D eigenvalue weighted by Crippen LogP contribution is 2.50. The monoisotopic (exact) mass is 452 g/mol. The molecule has 1 saturated heterocycles. The molecule has 0 aliphatic carbocycles. The van der Waals surface area contributed by atoms with E-state index in [1.165, 1.54) is 23.2 Å². The van der Waals surface area contributed by atoms with E-state index >= 15 is 0 Å². The molecule has 6 nitrogen and oxygen atoms in total. The lowest BCUT2D eigenvalue weighted by Crippen LogP contribution is -2.35. The fourth-order valence-electron chi connectivity index (χ4n) is 3.84. The first-order valence-corrected chi connectivity index (χ1v) is 11.3. The van der Waals surface area contributed by atoms with Crippen molar-refractivity contribution in [2.75, 3.05) is 11.4 Å². The van der Waals surface area contributed by atoms with Crippen molar-refractivity contribution >= 4 is 55.3 Å². The van der Waals surface area contributed by atoms with Crippen LogP contribution in [0.5, 0.6) is 0 Å². The molecule has 1 aromatic carbocycles. The number of fused-ring (bicyclic) bond motifs is 1. The molecule has 0 spiro atoms. The van der Waals surface area contributed by atoms with E-state index in [4.69, 9.17) is 23.2 Å². The number of pyridine rings is 1. The van der Waals surface area contributed by atoms with Gasteiger partial charge in [0.05, 0.1) is 20.5 Å². The van der Waals surface area contributed by atoms with Crippen LogP contribution in [-0.4, -0.2) is 31.0 Å². The third kappa shape index (κ3) is 2.79. The number of rotatable bonds is 2. The number of amides is 1. The van der Waals surface area contributed by atoms with E-state index in [-0.39, 0.29) is 37.8 Å². The van der Waals surface area contributed by atoms with Crippen LogP contribution in [0.1, 0.15) is 43.5 Å². The zero-order chi connectivity index (χ0) is 21.1. The lowest BCUT2D eigenvalue weighted by molar-refractivity contribution is -0.117. The molecule has 152 valence electrons. The molecule has 0 atom stereocenters. The molecular weight excluding hydrogens is 435 g/mol. The highest BCUT2D eigenvalue weighted by molar-refractivity contribution is 8.01. The number of benzene rings is 1. The van der Waals surface area contributed by atoms with Gasteiger partial charge in [0, 0.05) is 30.3 Å². The lowest BCUT2D eigenvalue weighted by Gasteiger charge is -2.33. The number of aliphatic hydroxyl groups excluding tert-OH is 1. The Balaban J connectivity index is 2.04. The Morgan fingerprint density at radius 1 is 1.21 bits per heavy atom. The van der Waals surface area contributed by atoms with Crippen molar-refractivity contribution < 1.29 is 18.3 Å². The molecule has 3 heterocycles. The minimum atomic E-state index is -4.05. The van der Waals surface area contributed by atoms with Gasteiger partial charge in [-0.25, -0.2) is 8.42 Å². The number of carbonyl (C=O) groups excluding carboxylic acids is 1. The van der Waals surface area contributed by atoms with Crippen LogP contribution < -0.4 is 4.90 Å². The summed E-state index contributed by atoms with van der Waals surface area (Å²) in [5.74, 6) is -0.606. The Morgan fingerprint density at radius 3 is 2.59 bits per heavy atom. The predicted molar refractivity (Wildman–Crippen MR) is 114 cm³/mol. The maximum atomic E-state index is 13.5. The molecule has 0 unspecified atom stereocenters. The van der Waals surface area contributed by atoms with E-state index in [2.05, 4.69) is 4.98 Å². The Kier molecular flexibility index (Phi) is 4.68. The largest absolute Gasteiger partial charge is 0.504 e. The Labute approximate surface area is 178 Å². The molecule has 2 aliphatic heterocycles. The normalized spacial score (nSPS) is 20.1. The van der Waals surface area contributed by atoms with Gasteiger partial charge in [-0.15, -0.1) is 0 Å². The smallest absolute Gasteiger partial charge is 0.227 e. The molecule has 1 fully saturated rings. The third-order valence-electron chi connectivity index (χ3n) is 5.49. The van der Waals surface area contributed by atoms with E-state index in [0.29, 0.717) is 24.9 Å². The molecule has 1 amide bonds. The number of sulfone groups is 1. The van der Waals surface area contributed by atoms with E-state index in [0.717, 1.165) is 0 Å². The summed E-state index contributed by atoms with van der Waals surface area (Å²) in [6, 6.07) is 6.19. The Morgan fingerprint density at radius 2 is 1.93 bits per heavy atom. The molecule has 1 N–H and O–H groups in total. The van der Waals surface area contributed by atoms with Gasteiger partial charge in [0.2, 0.25) is 5.91 Å². The molecule has 4 rings (SSSR count). The number of carbonyl (C=O) groups is 1. The molecule has 0 radical (unpaired) electrons. The summed E-state index contributed by atoms with van der Waals surface area (Å²) in [6.07, 6.45) is 2.51. The van der Waals surface area contributed by atoms with Crippen LogP contribution in [0.2, 0.25) is 10.0 Å². The predicted octanol–water partition coefficient (Wildman–Crippen LogP) is 4.56. The molecule has 2 aliphatic rings. The summed E-state index contributed by atoms with van der Waals surface area (Å²) in [7, 11) is -4.05. The van der Waals surface area contributed by atoms with Gasteiger partial charge in [-0.3, -0.25) is 9.78 Å². The van der Waals surface area contributed by atoms with Crippen molar-refractivity contribution in [1.82, 2.24) is 4.98 Å². The van der Waals surface area contributed by atoms with Crippen LogP contribution in [0.15, 0.2) is 30.5 Å². The van der Waals surface area contributed by atoms with Crippen molar-refractivity contribution in [2.24, 2.45) is 0 Å². The second kappa shape index (κ2) is 6.72. The maximum Gasteiger partial charge on any atom is 0.227 e. The third-order valence-corrected chi connectivity index (χ3v) is 8.69. The first kappa shape index (κ1) is 20.2. The zero-order valence-electron chi connectivity index (χ0n) is 15.7. The van der Waals surface area contributed by atoms with Gasteiger partial charge in [-0.2, -0.15) is 0 Å². The summed E-state index contributed by atoms with van der Waals surface area (Å²) in [4.78, 5) is 17.6. The minimum Gasteiger partial charge on any atom is -0.504 e. The average Bonchev–Trinajstić information content (AvgIpc) is 3.08. The number of hydrogen-bond donors (Lipinski definition) is 1. The number of halogens is 2. The highest BCUT2D eigenvalue weighted by Gasteiger charge is 2.48. The van der Waals surface area contributed by atoms with Gasteiger partial charge >= 0.3 is 0 Å². The van der Waals surface area contributed by atoms with Gasteiger partial charge < -0.3 is 10.0 Å². The Hall–Kier alpha value is -2.09. The quantitative estimate of drug-likeness (QED) is 0.720. The number of anilines is 1. The van der Waals surface area contributed by atoms with Crippen molar-refractivity contribution in [3.63, 3.8) is 0 Å². The summed E-state index contributed by atoms with van der Waals surface area (Å²) in [6.45, 7) is 3.56. The Bertz CT molecular complexity index is 1190. The highest BCUT2D eigenvalue weighted by atomic mass is 35.5. The van der Waals surface area contributed by atoms with Crippen molar-refractivity contribution in [3.05, 3.63) is 57.3 Å². The number of hydrogen-bond acceptors (Lipinski definition) is 5. The maximum absolute atomic E-state index is 13.5. The molecule has 1 aromatic heterocycles. The molecule has 2 aromatic rings. The number of aliphatic hydroxyl groups is 1. The van der Waals surface area contributed by atoms with Gasteiger partial charge in [-0.05, 0) is 32.4 Å². The first-order chi connectivity index (χ1) is 13.6. The fraction of sp³-hybridized carbons (Fsp3) is 0.300. The van der Waals surface area contributed by atoms with Crippen molar-refractivity contribution in [2.45, 2.75) is 31.4 Å². The SMILES string of the molecule is CC1(C)c2cccnc2C(O)=C(c2ccc(Cl)c(N3CCCC3=O)c2Cl)S1(=O)=O. The minimum absolute atomic E-state index is 0.00746. The van der Waals surface area contributed by atoms with Crippen molar-refractivity contribution in [3.8, 4) is 0 Å². The van der Waals surface area contributed by atoms with Gasteiger partial charge in [0.15, 0.2) is 15.6 Å². The molecule has 0 bridgehead atoms. The second-order valence-electron chi connectivity index (χ2n) is 7.50. The van der Waals surface area contributed by atoms with Crippen LogP contribution in [0.3, 0.4) is 0 Å². The van der Waals surface area contributed by atoms with Gasteiger partial charge in [-0.1, -0.05) is 35.3 Å². The summed E-state index contributed by atoms with van der Waals surface area (Å²) >= 11 is 12.9. The lowest BCUT2D eigenvalue weighted by atomic mass is 9.98. The van der Waals surface area contributed by atoms with Gasteiger partial charge in [0.1, 0.15) is 10.6 Å². The van der Waals surface area contributed by atoms with Crippen LogP contribution >= 0.6 is 23.2 Å². The summed E-state index contributed by atoms with van der Waals surface area (Å²) < 4.78 is 25.7. The average molecular weight is 453 g/mol. The van der Waals surface area contributed by atoms with E-state index in [1.54, 1.807) is 26.0 Å². The number of aromatic nitrogens is 1. The number of nitrogens with zero attached hydrogens (tertiary/aromatic N) is 2.